The zero-order valence-corrected chi connectivity index (χ0v) is 5.95. The first-order valence-corrected chi connectivity index (χ1v) is 3.41. The highest BCUT2D eigenvalue weighted by molar-refractivity contribution is 4.85. The monoisotopic (exact) mass is 140 g/mol. The van der Waals surface area contributed by atoms with Crippen molar-refractivity contribution in [3.63, 3.8) is 0 Å². The molecule has 0 aromatic rings. The van der Waals surface area contributed by atoms with E-state index in [4.69, 9.17) is 9.47 Å². The van der Waals surface area contributed by atoms with Gasteiger partial charge in [0.1, 0.15) is 12.2 Å². The molecular formula is C8H12O2. The van der Waals surface area contributed by atoms with E-state index in [9.17, 15) is 0 Å². The van der Waals surface area contributed by atoms with E-state index in [1.54, 1.807) is 0 Å². The second-order valence-electron chi connectivity index (χ2n) is 2.26. The van der Waals surface area contributed by atoms with Crippen molar-refractivity contribution in [1.29, 1.82) is 0 Å². The predicted molar refractivity (Wildman–Crippen MR) is 39.4 cm³/mol. The first-order chi connectivity index (χ1) is 4.88. The second-order valence-corrected chi connectivity index (χ2v) is 2.26. The highest BCUT2D eigenvalue weighted by Gasteiger charge is 2.32. The normalized spacial score (nSPS) is 30.0. The van der Waals surface area contributed by atoms with Crippen LogP contribution in [0.5, 0.6) is 0 Å². The van der Waals surface area contributed by atoms with E-state index < -0.39 is 0 Å². The molecule has 2 nitrogen and oxygen atoms in total. The molecule has 0 radical (unpaired) electrons. The number of hydrogen-bond donors (Lipinski definition) is 0. The van der Waals surface area contributed by atoms with Gasteiger partial charge >= 0.3 is 0 Å². The van der Waals surface area contributed by atoms with E-state index in [0.717, 1.165) is 12.8 Å². The molecule has 2 atom stereocenters. The van der Waals surface area contributed by atoms with Gasteiger partial charge in [0.15, 0.2) is 0 Å². The Labute approximate surface area is 61.1 Å². The Hall–Kier alpha value is -0.920. The van der Waals surface area contributed by atoms with Crippen LogP contribution in [0.25, 0.3) is 0 Å². The minimum atomic E-state index is 0.204. The quantitative estimate of drug-likeness (QED) is 0.555. The molecular weight excluding hydrogens is 128 g/mol. The zero-order valence-electron chi connectivity index (χ0n) is 5.95. The Morgan fingerprint density at radius 3 is 1.60 bits per heavy atom. The molecule has 2 unspecified atom stereocenters. The van der Waals surface area contributed by atoms with Crippen molar-refractivity contribution in [2.24, 2.45) is 0 Å². The summed E-state index contributed by atoms with van der Waals surface area (Å²) < 4.78 is 10.3. The summed E-state index contributed by atoms with van der Waals surface area (Å²) >= 11 is 0. The highest BCUT2D eigenvalue weighted by Crippen LogP contribution is 2.26. The van der Waals surface area contributed by atoms with Crippen molar-refractivity contribution in [2.45, 2.75) is 25.0 Å². The Balaban J connectivity index is 2.21. The second kappa shape index (κ2) is 3.30. The molecule has 2 heteroatoms. The molecule has 0 aromatic carbocycles. The van der Waals surface area contributed by atoms with E-state index in [-0.39, 0.29) is 12.2 Å². The third-order valence-corrected chi connectivity index (χ3v) is 1.69. The van der Waals surface area contributed by atoms with Crippen LogP contribution >= 0.6 is 0 Å². The van der Waals surface area contributed by atoms with Crippen molar-refractivity contribution in [3.05, 3.63) is 25.7 Å². The van der Waals surface area contributed by atoms with Gasteiger partial charge in [-0.1, -0.05) is 13.2 Å². The van der Waals surface area contributed by atoms with E-state index in [1.807, 2.05) is 0 Å². The maximum absolute atomic E-state index is 5.13. The van der Waals surface area contributed by atoms with Crippen LogP contribution in [0.3, 0.4) is 0 Å². The van der Waals surface area contributed by atoms with Crippen LogP contribution in [0.15, 0.2) is 25.7 Å². The predicted octanol–water partition coefficient (Wildman–Crippen LogP) is 1.84. The molecule has 1 fully saturated rings. The summed E-state index contributed by atoms with van der Waals surface area (Å²) in [7, 11) is 0. The third-order valence-electron chi connectivity index (χ3n) is 1.69. The van der Waals surface area contributed by atoms with Crippen LogP contribution in [-0.2, 0) is 9.47 Å². The maximum atomic E-state index is 5.13. The summed E-state index contributed by atoms with van der Waals surface area (Å²) in [5.74, 6) is 0. The average Bonchev–Trinajstić information content (AvgIpc) is 1.93. The summed E-state index contributed by atoms with van der Waals surface area (Å²) in [6.07, 6.45) is 5.45. The van der Waals surface area contributed by atoms with E-state index in [0.29, 0.717) is 0 Å². The Kier molecular flexibility index (Phi) is 2.37. The number of ether oxygens (including phenoxy) is 2. The van der Waals surface area contributed by atoms with Crippen molar-refractivity contribution < 1.29 is 9.47 Å². The van der Waals surface area contributed by atoms with Crippen molar-refractivity contribution in [1.82, 2.24) is 0 Å². The molecule has 0 aliphatic heterocycles. The lowest BCUT2D eigenvalue weighted by molar-refractivity contribution is -0.0659. The largest absolute Gasteiger partial charge is 0.495 e. The number of hydrogen-bond acceptors (Lipinski definition) is 2. The van der Waals surface area contributed by atoms with Gasteiger partial charge < -0.3 is 9.47 Å². The molecule has 56 valence electrons. The lowest BCUT2D eigenvalue weighted by Crippen LogP contribution is -2.39. The van der Waals surface area contributed by atoms with Gasteiger partial charge in [-0.25, -0.2) is 0 Å². The van der Waals surface area contributed by atoms with Crippen molar-refractivity contribution >= 4 is 0 Å². The van der Waals surface area contributed by atoms with Crippen molar-refractivity contribution in [2.75, 3.05) is 0 Å². The molecule has 10 heavy (non-hydrogen) atoms. The molecule has 0 bridgehead atoms. The summed E-state index contributed by atoms with van der Waals surface area (Å²) in [4.78, 5) is 0. The zero-order chi connectivity index (χ0) is 7.40. The standard InChI is InChI=1S/C8H12O2/c1-3-9-7-5-6-8(7)10-4-2/h3-4,7-8H,1-2,5-6H2. The molecule has 1 saturated carbocycles. The minimum absolute atomic E-state index is 0.204. The summed E-state index contributed by atoms with van der Waals surface area (Å²) in [5, 5.41) is 0. The van der Waals surface area contributed by atoms with Gasteiger partial charge in [0, 0.05) is 0 Å². The van der Waals surface area contributed by atoms with Gasteiger partial charge in [-0.2, -0.15) is 0 Å². The lowest BCUT2D eigenvalue weighted by Gasteiger charge is -2.34. The minimum Gasteiger partial charge on any atom is -0.495 e. The SMILES string of the molecule is C=COC1CCC1OC=C. The summed E-state index contributed by atoms with van der Waals surface area (Å²) in [6, 6.07) is 0. The van der Waals surface area contributed by atoms with Crippen LogP contribution < -0.4 is 0 Å². The number of rotatable bonds is 4. The topological polar surface area (TPSA) is 18.5 Å². The molecule has 1 aliphatic rings. The molecule has 1 aliphatic carbocycles. The molecule has 0 saturated heterocycles. The van der Waals surface area contributed by atoms with E-state index in [1.165, 1.54) is 12.5 Å². The molecule has 0 amide bonds. The molecule has 0 aromatic heterocycles. The van der Waals surface area contributed by atoms with Gasteiger partial charge in [0.25, 0.3) is 0 Å². The van der Waals surface area contributed by atoms with Gasteiger partial charge in [0.05, 0.1) is 12.5 Å². The first kappa shape index (κ1) is 7.19. The fourth-order valence-electron chi connectivity index (χ4n) is 0.997. The summed E-state index contributed by atoms with van der Waals surface area (Å²) in [5.41, 5.74) is 0. The van der Waals surface area contributed by atoms with Crippen LogP contribution in [0.1, 0.15) is 12.8 Å². The van der Waals surface area contributed by atoms with E-state index >= 15 is 0 Å². The van der Waals surface area contributed by atoms with Crippen LogP contribution in [0.2, 0.25) is 0 Å². The maximum Gasteiger partial charge on any atom is 0.135 e. The van der Waals surface area contributed by atoms with Gasteiger partial charge in [-0.3, -0.25) is 0 Å². The Bertz CT molecular complexity index is 115. The van der Waals surface area contributed by atoms with Crippen LogP contribution in [0, 0.1) is 0 Å². The van der Waals surface area contributed by atoms with Gasteiger partial charge in [-0.05, 0) is 12.8 Å². The average molecular weight is 140 g/mol. The van der Waals surface area contributed by atoms with Crippen molar-refractivity contribution in [3.8, 4) is 0 Å². The first-order valence-electron chi connectivity index (χ1n) is 3.41. The fourth-order valence-corrected chi connectivity index (χ4v) is 0.997. The molecule has 1 rings (SSSR count). The Morgan fingerprint density at radius 2 is 1.40 bits per heavy atom. The Morgan fingerprint density at radius 1 is 1.00 bits per heavy atom. The highest BCUT2D eigenvalue weighted by atomic mass is 16.5. The molecule has 0 heterocycles. The van der Waals surface area contributed by atoms with E-state index in [2.05, 4.69) is 13.2 Å². The summed E-state index contributed by atoms with van der Waals surface area (Å²) in [6.45, 7) is 6.95. The van der Waals surface area contributed by atoms with Crippen LogP contribution in [-0.4, -0.2) is 12.2 Å². The smallest absolute Gasteiger partial charge is 0.135 e. The fraction of sp³-hybridized carbons (Fsp3) is 0.500. The van der Waals surface area contributed by atoms with Crippen LogP contribution in [0.4, 0.5) is 0 Å². The third kappa shape index (κ3) is 1.32. The molecule has 0 N–H and O–H groups in total. The van der Waals surface area contributed by atoms with Gasteiger partial charge in [0.2, 0.25) is 0 Å². The van der Waals surface area contributed by atoms with Gasteiger partial charge in [-0.15, -0.1) is 0 Å². The molecule has 0 spiro atoms. The lowest BCUT2D eigenvalue weighted by atomic mass is 9.92.